The molecule has 1 aromatic carbocycles. The van der Waals surface area contributed by atoms with Crippen LogP contribution in [-0.4, -0.2) is 45.0 Å². The average molecular weight is 557 g/mol. The Hall–Kier alpha value is -2.53. The van der Waals surface area contributed by atoms with E-state index in [1.165, 1.54) is 13.2 Å². The number of aromatic nitrogens is 2. The molecule has 1 aliphatic rings. The third-order valence-electron chi connectivity index (χ3n) is 5.16. The van der Waals surface area contributed by atoms with E-state index in [0.29, 0.717) is 40.3 Å². The van der Waals surface area contributed by atoms with Gasteiger partial charge < -0.3 is 19.7 Å². The lowest BCUT2D eigenvalue weighted by Gasteiger charge is -2.17. The van der Waals surface area contributed by atoms with E-state index in [4.69, 9.17) is 28.0 Å². The van der Waals surface area contributed by atoms with Crippen molar-refractivity contribution < 1.29 is 19.5 Å². The highest BCUT2D eigenvalue weighted by molar-refractivity contribution is 9.10. The van der Waals surface area contributed by atoms with Gasteiger partial charge >= 0.3 is 6.09 Å². The molecule has 0 saturated heterocycles. The molecule has 1 fully saturated rings. The molecule has 2 heterocycles. The normalized spacial score (nSPS) is 13.2. The Bertz CT molecular complexity index is 1230. The van der Waals surface area contributed by atoms with Crippen LogP contribution in [-0.2, 0) is 11.4 Å². The Morgan fingerprint density at radius 1 is 1.36 bits per heavy atom. The fraction of sp³-hybridized carbons (Fsp3) is 0.286. The Kier molecular flexibility index (Phi) is 6.99. The first kappa shape index (κ1) is 23.6. The van der Waals surface area contributed by atoms with Gasteiger partial charge in [-0.05, 0) is 37.0 Å². The van der Waals surface area contributed by atoms with Crippen LogP contribution >= 0.6 is 39.1 Å². The number of hydrogen-bond acceptors (Lipinski definition) is 5. The third kappa shape index (κ3) is 5.35. The highest BCUT2D eigenvalue weighted by atomic mass is 79.9. The minimum Gasteiger partial charge on any atom is -0.465 e. The van der Waals surface area contributed by atoms with Gasteiger partial charge in [0.15, 0.2) is 5.65 Å². The lowest BCUT2D eigenvalue weighted by Crippen LogP contribution is -2.27. The van der Waals surface area contributed by atoms with Crippen molar-refractivity contribution in [2.45, 2.75) is 19.4 Å². The van der Waals surface area contributed by atoms with Crippen molar-refractivity contribution in [1.82, 2.24) is 19.8 Å². The number of rotatable bonds is 8. The van der Waals surface area contributed by atoms with Gasteiger partial charge in [-0.15, -0.1) is 0 Å². The van der Waals surface area contributed by atoms with Gasteiger partial charge in [0.1, 0.15) is 5.02 Å². The summed E-state index contributed by atoms with van der Waals surface area (Å²) in [6, 6.07) is 5.26. The number of pyridine rings is 1. The highest BCUT2D eigenvalue weighted by Crippen LogP contribution is 2.36. The van der Waals surface area contributed by atoms with Crippen LogP contribution in [0.2, 0.25) is 10.0 Å². The molecule has 33 heavy (non-hydrogen) atoms. The summed E-state index contributed by atoms with van der Waals surface area (Å²) in [6.07, 6.45) is 4.13. The van der Waals surface area contributed by atoms with E-state index in [9.17, 15) is 14.7 Å². The first-order valence-corrected chi connectivity index (χ1v) is 11.6. The molecule has 4 rings (SSSR count). The minimum absolute atomic E-state index is 0.0530. The van der Waals surface area contributed by atoms with Crippen LogP contribution in [0.3, 0.4) is 0 Å². The number of halogens is 3. The van der Waals surface area contributed by atoms with Crippen LogP contribution in [0.5, 0.6) is 0 Å². The molecule has 0 atom stereocenters. The minimum atomic E-state index is -1.09. The van der Waals surface area contributed by atoms with Crippen molar-refractivity contribution >= 4 is 68.2 Å². The molecule has 0 radical (unpaired) electrons. The number of carboxylic acid groups (broad SMARTS) is 1. The molecule has 3 N–H and O–H groups in total. The number of imidazole rings is 1. The monoisotopic (exact) mass is 555 g/mol. The molecule has 3 aromatic rings. The number of nitrogens with zero attached hydrogens (tertiary/aromatic N) is 3. The van der Waals surface area contributed by atoms with Gasteiger partial charge in [-0.25, -0.2) is 15.3 Å². The Morgan fingerprint density at radius 3 is 2.79 bits per heavy atom. The zero-order chi connectivity index (χ0) is 23.7. The second kappa shape index (κ2) is 9.76. The fourth-order valence-corrected chi connectivity index (χ4v) is 4.15. The Labute approximate surface area is 207 Å². The number of anilines is 2. The zero-order valence-corrected chi connectivity index (χ0v) is 20.5. The smallest absolute Gasteiger partial charge is 0.407 e. The summed E-state index contributed by atoms with van der Waals surface area (Å²) >= 11 is 16.4. The van der Waals surface area contributed by atoms with Gasteiger partial charge in [0.2, 0.25) is 0 Å². The summed E-state index contributed by atoms with van der Waals surface area (Å²) in [5.74, 6) is -0.0521. The molecule has 0 unspecified atom stereocenters. The molecule has 2 amide bonds. The molecule has 1 saturated carbocycles. The van der Waals surface area contributed by atoms with Gasteiger partial charge in [-0.1, -0.05) is 39.1 Å². The molecular weight excluding hydrogens is 537 g/mol. The van der Waals surface area contributed by atoms with Crippen molar-refractivity contribution in [3.63, 3.8) is 0 Å². The summed E-state index contributed by atoms with van der Waals surface area (Å²) in [5.41, 5.74) is 4.38. The number of hydroxylamine groups is 1. The summed E-state index contributed by atoms with van der Waals surface area (Å²) in [6.45, 7) is 0.486. The SMILES string of the molecule is CN(Cc1cnc2c(Cl)c(Nc3ccc(Br)cc3Cl)c(C(=O)NOCC3CC3)cn12)C(=O)O. The van der Waals surface area contributed by atoms with Crippen LogP contribution < -0.4 is 10.8 Å². The van der Waals surface area contributed by atoms with Crippen molar-refractivity contribution in [2.75, 3.05) is 19.0 Å². The molecule has 0 spiro atoms. The van der Waals surface area contributed by atoms with Crippen molar-refractivity contribution in [3.05, 3.63) is 56.4 Å². The van der Waals surface area contributed by atoms with Crippen LogP contribution in [0.15, 0.2) is 35.1 Å². The second-order valence-corrected chi connectivity index (χ2v) is 9.45. The molecule has 0 aliphatic heterocycles. The maximum absolute atomic E-state index is 13.0. The number of carbonyl (C=O) groups excluding carboxylic acids is 1. The molecule has 174 valence electrons. The Morgan fingerprint density at radius 2 is 2.12 bits per heavy atom. The largest absolute Gasteiger partial charge is 0.465 e. The van der Waals surface area contributed by atoms with Gasteiger partial charge in [-0.2, -0.15) is 0 Å². The number of carbonyl (C=O) groups is 2. The topological polar surface area (TPSA) is 108 Å². The van der Waals surface area contributed by atoms with Crippen LogP contribution in [0.1, 0.15) is 28.9 Å². The van der Waals surface area contributed by atoms with Gasteiger partial charge in [0, 0.05) is 17.7 Å². The number of benzene rings is 1. The van der Waals surface area contributed by atoms with E-state index in [1.54, 1.807) is 28.8 Å². The van der Waals surface area contributed by atoms with E-state index in [0.717, 1.165) is 22.2 Å². The van der Waals surface area contributed by atoms with Crippen LogP contribution in [0.4, 0.5) is 16.2 Å². The second-order valence-electron chi connectivity index (χ2n) is 7.75. The zero-order valence-electron chi connectivity index (χ0n) is 17.4. The summed E-state index contributed by atoms with van der Waals surface area (Å²) in [5, 5.41) is 12.9. The standard InChI is InChI=1S/C21H20BrCl2N5O4/c1-28(21(31)32)8-13-7-25-19-17(24)18(26-16-5-4-12(22)6-15(16)23)14(9-29(13)19)20(30)27-33-10-11-2-3-11/h4-7,9,11,26H,2-3,8,10H2,1H3,(H,27,30)(H,31,32). The maximum Gasteiger partial charge on any atom is 0.407 e. The first-order chi connectivity index (χ1) is 15.7. The highest BCUT2D eigenvalue weighted by Gasteiger charge is 2.24. The van der Waals surface area contributed by atoms with Gasteiger partial charge in [0.05, 0.1) is 47.0 Å². The van der Waals surface area contributed by atoms with Gasteiger partial charge in [-0.3, -0.25) is 9.63 Å². The summed E-state index contributed by atoms with van der Waals surface area (Å²) < 4.78 is 2.39. The van der Waals surface area contributed by atoms with Crippen molar-refractivity contribution in [1.29, 1.82) is 0 Å². The van der Waals surface area contributed by atoms with Gasteiger partial charge in [0.25, 0.3) is 5.91 Å². The van der Waals surface area contributed by atoms with E-state index < -0.39 is 12.0 Å². The number of fused-ring (bicyclic) bond motifs is 1. The maximum atomic E-state index is 13.0. The van der Waals surface area contributed by atoms with E-state index in [2.05, 4.69) is 31.7 Å². The van der Waals surface area contributed by atoms with E-state index in [1.807, 2.05) is 0 Å². The van der Waals surface area contributed by atoms with Crippen molar-refractivity contribution in [2.24, 2.45) is 5.92 Å². The molecule has 2 aromatic heterocycles. The number of nitrogens with one attached hydrogen (secondary N) is 2. The third-order valence-corrected chi connectivity index (χ3v) is 6.32. The van der Waals surface area contributed by atoms with Crippen LogP contribution in [0.25, 0.3) is 5.65 Å². The van der Waals surface area contributed by atoms with E-state index in [-0.39, 0.29) is 17.1 Å². The lowest BCUT2D eigenvalue weighted by molar-refractivity contribution is 0.0270. The predicted molar refractivity (Wildman–Crippen MR) is 128 cm³/mol. The molecule has 12 heteroatoms. The molecule has 1 aliphatic carbocycles. The Balaban J connectivity index is 1.75. The quantitative estimate of drug-likeness (QED) is 0.324. The number of hydrogen-bond donors (Lipinski definition) is 3. The van der Waals surface area contributed by atoms with Crippen molar-refractivity contribution in [3.8, 4) is 0 Å². The molecular formula is C21H20BrCl2N5O4. The number of amides is 2. The molecule has 0 bridgehead atoms. The lowest BCUT2D eigenvalue weighted by atomic mass is 10.2. The average Bonchev–Trinajstić information content (AvgIpc) is 3.50. The van der Waals surface area contributed by atoms with Crippen LogP contribution in [0, 0.1) is 5.92 Å². The molecule has 9 nitrogen and oxygen atoms in total. The van der Waals surface area contributed by atoms with E-state index >= 15 is 0 Å². The summed E-state index contributed by atoms with van der Waals surface area (Å²) in [4.78, 5) is 35.1. The first-order valence-electron chi connectivity index (χ1n) is 10.0. The fourth-order valence-electron chi connectivity index (χ4n) is 3.14. The summed E-state index contributed by atoms with van der Waals surface area (Å²) in [7, 11) is 1.44. The predicted octanol–water partition coefficient (Wildman–Crippen LogP) is 5.33.